The maximum absolute atomic E-state index is 12.2. The molecule has 0 aliphatic carbocycles. The van der Waals surface area contributed by atoms with E-state index in [1.54, 1.807) is 6.07 Å². The highest BCUT2D eigenvalue weighted by Gasteiger charge is 2.17. The van der Waals surface area contributed by atoms with E-state index in [4.69, 9.17) is 17.3 Å². The molecule has 0 atom stereocenters. The second-order valence-corrected chi connectivity index (χ2v) is 6.07. The molecule has 20 heavy (non-hydrogen) atoms. The third-order valence-electron chi connectivity index (χ3n) is 3.23. The molecule has 0 saturated heterocycles. The van der Waals surface area contributed by atoms with Gasteiger partial charge in [0.25, 0.3) is 5.91 Å². The minimum absolute atomic E-state index is 0.135. The fraction of sp³-hybridized carbons (Fsp3) is 0.357. The van der Waals surface area contributed by atoms with E-state index in [1.165, 1.54) is 11.3 Å². The fourth-order valence-electron chi connectivity index (χ4n) is 1.90. The number of rotatable bonds is 5. The number of halogens is 1. The molecule has 3 N–H and O–H groups in total. The number of fused-ring (bicyclic) bond motifs is 1. The minimum atomic E-state index is -0.135. The number of thiophene rings is 1. The summed E-state index contributed by atoms with van der Waals surface area (Å²) in [7, 11) is 2.01. The molecule has 1 amide bonds. The van der Waals surface area contributed by atoms with Crippen molar-refractivity contribution in [1.82, 2.24) is 10.2 Å². The van der Waals surface area contributed by atoms with Gasteiger partial charge in [0.05, 0.1) is 10.7 Å². The highest BCUT2D eigenvalue weighted by atomic mass is 35.5. The first-order valence-corrected chi connectivity index (χ1v) is 7.67. The molecule has 0 spiro atoms. The molecule has 1 heterocycles. The van der Waals surface area contributed by atoms with E-state index in [1.807, 2.05) is 19.2 Å². The fourth-order valence-corrected chi connectivity index (χ4v) is 3.29. The molecular weight excluding hydrogens is 294 g/mol. The lowest BCUT2D eigenvalue weighted by molar-refractivity contribution is 0.0955. The van der Waals surface area contributed by atoms with Crippen LogP contribution in [-0.4, -0.2) is 37.5 Å². The van der Waals surface area contributed by atoms with Crippen LogP contribution in [0.1, 0.15) is 16.6 Å². The molecule has 2 rings (SSSR count). The molecule has 0 radical (unpaired) electrons. The standard InChI is InChI=1S/C14H18ClN3OS/c1-3-18(2)8-7-17-14(19)13-12(16)11-9(15)5-4-6-10(11)20-13/h4-6H,3,7-8,16H2,1-2H3,(H,17,19). The van der Waals surface area contributed by atoms with Gasteiger partial charge < -0.3 is 16.0 Å². The zero-order chi connectivity index (χ0) is 14.7. The molecule has 0 saturated carbocycles. The summed E-state index contributed by atoms with van der Waals surface area (Å²) in [5, 5.41) is 4.25. The second-order valence-electron chi connectivity index (χ2n) is 4.61. The predicted molar refractivity (Wildman–Crippen MR) is 86.8 cm³/mol. The monoisotopic (exact) mass is 311 g/mol. The molecule has 0 fully saturated rings. The quantitative estimate of drug-likeness (QED) is 0.892. The molecule has 1 aromatic heterocycles. The summed E-state index contributed by atoms with van der Waals surface area (Å²) in [4.78, 5) is 14.8. The Kier molecular flexibility index (Phi) is 4.86. The van der Waals surface area contributed by atoms with Gasteiger partial charge in [-0.05, 0) is 25.7 Å². The number of hydrogen-bond acceptors (Lipinski definition) is 4. The summed E-state index contributed by atoms with van der Waals surface area (Å²) >= 11 is 7.51. The van der Waals surface area contributed by atoms with E-state index >= 15 is 0 Å². The summed E-state index contributed by atoms with van der Waals surface area (Å²) in [5.41, 5.74) is 6.52. The maximum Gasteiger partial charge on any atom is 0.263 e. The van der Waals surface area contributed by atoms with Crippen LogP contribution in [0, 0.1) is 0 Å². The summed E-state index contributed by atoms with van der Waals surface area (Å²) in [6.07, 6.45) is 0. The number of carbonyl (C=O) groups excluding carboxylic acids is 1. The molecule has 0 bridgehead atoms. The Morgan fingerprint density at radius 3 is 2.90 bits per heavy atom. The number of likely N-dealkylation sites (N-methyl/N-ethyl adjacent to an activating group) is 1. The average Bonchev–Trinajstić information content (AvgIpc) is 2.77. The number of nitrogens with one attached hydrogen (secondary N) is 1. The predicted octanol–water partition coefficient (Wildman–Crippen LogP) is 2.82. The van der Waals surface area contributed by atoms with Crippen molar-refractivity contribution >= 4 is 44.6 Å². The van der Waals surface area contributed by atoms with Crippen molar-refractivity contribution in [2.24, 2.45) is 0 Å². The molecule has 2 aromatic rings. The highest BCUT2D eigenvalue weighted by molar-refractivity contribution is 7.21. The SMILES string of the molecule is CCN(C)CCNC(=O)c1sc2cccc(Cl)c2c1N. The maximum atomic E-state index is 12.2. The van der Waals surface area contributed by atoms with Gasteiger partial charge in [0.2, 0.25) is 0 Å². The lowest BCUT2D eigenvalue weighted by atomic mass is 10.2. The zero-order valence-electron chi connectivity index (χ0n) is 11.6. The Morgan fingerprint density at radius 1 is 1.50 bits per heavy atom. The van der Waals surface area contributed by atoms with Crippen molar-refractivity contribution in [2.45, 2.75) is 6.92 Å². The smallest absolute Gasteiger partial charge is 0.263 e. The van der Waals surface area contributed by atoms with Crippen LogP contribution >= 0.6 is 22.9 Å². The average molecular weight is 312 g/mol. The molecule has 1 aromatic carbocycles. The Hall–Kier alpha value is -1.30. The number of anilines is 1. The molecule has 4 nitrogen and oxygen atoms in total. The Morgan fingerprint density at radius 2 is 2.25 bits per heavy atom. The van der Waals surface area contributed by atoms with E-state index in [0.29, 0.717) is 22.1 Å². The van der Waals surface area contributed by atoms with Crippen LogP contribution in [0.15, 0.2) is 18.2 Å². The molecular formula is C14H18ClN3OS. The third kappa shape index (κ3) is 3.06. The summed E-state index contributed by atoms with van der Waals surface area (Å²) in [6, 6.07) is 5.56. The van der Waals surface area contributed by atoms with Crippen molar-refractivity contribution in [3.8, 4) is 0 Å². The van der Waals surface area contributed by atoms with Crippen molar-refractivity contribution in [1.29, 1.82) is 0 Å². The number of benzene rings is 1. The van der Waals surface area contributed by atoms with Crippen LogP contribution in [0.25, 0.3) is 10.1 Å². The number of nitrogens with zero attached hydrogens (tertiary/aromatic N) is 1. The first kappa shape index (κ1) is 15.1. The van der Waals surface area contributed by atoms with Crippen LogP contribution in [0.3, 0.4) is 0 Å². The Balaban J connectivity index is 2.15. The van der Waals surface area contributed by atoms with Crippen molar-refractivity contribution in [3.63, 3.8) is 0 Å². The lowest BCUT2D eigenvalue weighted by Crippen LogP contribution is -2.32. The zero-order valence-corrected chi connectivity index (χ0v) is 13.1. The van der Waals surface area contributed by atoms with E-state index in [2.05, 4.69) is 17.1 Å². The van der Waals surface area contributed by atoms with Gasteiger partial charge >= 0.3 is 0 Å². The second kappa shape index (κ2) is 6.43. The van der Waals surface area contributed by atoms with E-state index in [9.17, 15) is 4.79 Å². The summed E-state index contributed by atoms with van der Waals surface area (Å²) in [5.74, 6) is -0.135. The topological polar surface area (TPSA) is 58.4 Å². The molecule has 6 heteroatoms. The van der Waals surface area contributed by atoms with Gasteiger partial charge in [-0.2, -0.15) is 0 Å². The van der Waals surface area contributed by atoms with Gasteiger partial charge in [0.15, 0.2) is 0 Å². The van der Waals surface area contributed by atoms with Gasteiger partial charge in [-0.3, -0.25) is 4.79 Å². The molecule has 0 aliphatic heterocycles. The van der Waals surface area contributed by atoms with E-state index in [0.717, 1.165) is 23.2 Å². The lowest BCUT2D eigenvalue weighted by Gasteiger charge is -2.13. The van der Waals surface area contributed by atoms with Gasteiger partial charge in [-0.1, -0.05) is 24.6 Å². The minimum Gasteiger partial charge on any atom is -0.397 e. The van der Waals surface area contributed by atoms with Crippen molar-refractivity contribution in [2.75, 3.05) is 32.4 Å². The Bertz CT molecular complexity index is 626. The van der Waals surface area contributed by atoms with Gasteiger partial charge in [-0.25, -0.2) is 0 Å². The number of nitrogen functional groups attached to an aromatic ring is 1. The number of amides is 1. The normalized spacial score (nSPS) is 11.2. The number of nitrogens with two attached hydrogens (primary N) is 1. The van der Waals surface area contributed by atoms with Gasteiger partial charge in [0, 0.05) is 23.2 Å². The van der Waals surface area contributed by atoms with E-state index < -0.39 is 0 Å². The molecule has 0 unspecified atom stereocenters. The van der Waals surface area contributed by atoms with Crippen LogP contribution < -0.4 is 11.1 Å². The van der Waals surface area contributed by atoms with Gasteiger partial charge in [-0.15, -0.1) is 11.3 Å². The molecule has 108 valence electrons. The summed E-state index contributed by atoms with van der Waals surface area (Å²) in [6.45, 7) is 4.45. The van der Waals surface area contributed by atoms with Crippen LogP contribution in [0.5, 0.6) is 0 Å². The largest absolute Gasteiger partial charge is 0.397 e. The van der Waals surface area contributed by atoms with Crippen LogP contribution in [0.4, 0.5) is 5.69 Å². The summed E-state index contributed by atoms with van der Waals surface area (Å²) < 4.78 is 0.936. The van der Waals surface area contributed by atoms with Gasteiger partial charge in [0.1, 0.15) is 4.88 Å². The Labute approximate surface area is 127 Å². The molecule has 0 aliphatic rings. The highest BCUT2D eigenvalue weighted by Crippen LogP contribution is 2.37. The third-order valence-corrected chi connectivity index (χ3v) is 4.71. The van der Waals surface area contributed by atoms with Crippen LogP contribution in [0.2, 0.25) is 5.02 Å². The van der Waals surface area contributed by atoms with Crippen molar-refractivity contribution in [3.05, 3.63) is 28.1 Å². The van der Waals surface area contributed by atoms with Crippen LogP contribution in [-0.2, 0) is 0 Å². The van der Waals surface area contributed by atoms with E-state index in [-0.39, 0.29) is 5.91 Å². The number of carbonyl (C=O) groups is 1. The van der Waals surface area contributed by atoms with Crippen molar-refractivity contribution < 1.29 is 4.79 Å². The number of hydrogen-bond donors (Lipinski definition) is 2. The first-order valence-electron chi connectivity index (χ1n) is 6.47. The first-order chi connectivity index (χ1) is 9.54.